The van der Waals surface area contributed by atoms with Crippen molar-refractivity contribution in [3.05, 3.63) is 53.6 Å². The molecule has 0 aliphatic carbocycles. The molecule has 1 aromatic heterocycles. The number of aromatic nitrogens is 1. The highest BCUT2D eigenvalue weighted by atomic mass is 19.4. The van der Waals surface area contributed by atoms with Crippen LogP contribution >= 0.6 is 0 Å². The molecule has 0 unspecified atom stereocenters. The Morgan fingerprint density at radius 1 is 1.10 bits per heavy atom. The molecule has 0 saturated heterocycles. The van der Waals surface area contributed by atoms with Gasteiger partial charge in [0.05, 0.1) is 16.7 Å². The Morgan fingerprint density at radius 2 is 1.70 bits per heavy atom. The summed E-state index contributed by atoms with van der Waals surface area (Å²) in [6, 6.07) is 4.62. The van der Waals surface area contributed by atoms with E-state index in [4.69, 9.17) is 5.11 Å². The van der Waals surface area contributed by atoms with Gasteiger partial charge in [0.25, 0.3) is 0 Å². The van der Waals surface area contributed by atoms with Crippen molar-refractivity contribution in [3.8, 4) is 11.1 Å². The summed E-state index contributed by atoms with van der Waals surface area (Å²) in [6.07, 6.45) is -3.53. The van der Waals surface area contributed by atoms with E-state index in [9.17, 15) is 22.4 Å². The smallest absolute Gasteiger partial charge is 0.416 e. The number of carboxylic acid groups (broad SMARTS) is 1. The van der Waals surface area contributed by atoms with E-state index in [0.717, 1.165) is 36.5 Å². The molecule has 2 rings (SSSR count). The maximum absolute atomic E-state index is 13.6. The molecule has 0 bridgehead atoms. The van der Waals surface area contributed by atoms with Gasteiger partial charge in [0, 0.05) is 6.20 Å². The lowest BCUT2D eigenvalue weighted by molar-refractivity contribution is -0.137. The number of carbonyl (C=O) groups is 1. The summed E-state index contributed by atoms with van der Waals surface area (Å²) in [5.74, 6) is -2.44. The van der Waals surface area contributed by atoms with Crippen LogP contribution in [0.25, 0.3) is 11.1 Å². The van der Waals surface area contributed by atoms with Crippen LogP contribution in [-0.4, -0.2) is 16.1 Å². The Kier molecular flexibility index (Phi) is 3.44. The summed E-state index contributed by atoms with van der Waals surface area (Å²) < 4.78 is 50.9. The van der Waals surface area contributed by atoms with Gasteiger partial charge in [-0.05, 0) is 23.8 Å². The van der Waals surface area contributed by atoms with Crippen LogP contribution < -0.4 is 0 Å². The molecule has 0 spiro atoms. The molecule has 1 N–H and O–H groups in total. The topological polar surface area (TPSA) is 50.2 Å². The quantitative estimate of drug-likeness (QED) is 0.677. The number of rotatable bonds is 2. The summed E-state index contributed by atoms with van der Waals surface area (Å²) in [7, 11) is 0. The third-order valence-electron chi connectivity index (χ3n) is 2.64. The zero-order chi connectivity index (χ0) is 14.9. The molecule has 1 heterocycles. The van der Waals surface area contributed by atoms with Gasteiger partial charge in [0.15, 0.2) is 0 Å². The van der Waals surface area contributed by atoms with E-state index < -0.39 is 23.7 Å². The predicted octanol–water partition coefficient (Wildman–Crippen LogP) is 3.60. The van der Waals surface area contributed by atoms with Gasteiger partial charge in [-0.3, -0.25) is 0 Å². The summed E-state index contributed by atoms with van der Waals surface area (Å²) in [6.45, 7) is 0. The number of carboxylic acids is 1. The summed E-state index contributed by atoms with van der Waals surface area (Å²) in [5.41, 5.74) is -1.59. The number of halogens is 4. The van der Waals surface area contributed by atoms with Crippen molar-refractivity contribution >= 4 is 5.97 Å². The fourth-order valence-electron chi connectivity index (χ4n) is 1.71. The molecule has 3 nitrogen and oxygen atoms in total. The maximum atomic E-state index is 13.6. The Hall–Kier alpha value is -2.44. The molecule has 20 heavy (non-hydrogen) atoms. The van der Waals surface area contributed by atoms with E-state index in [0.29, 0.717) is 0 Å². The van der Waals surface area contributed by atoms with Crippen molar-refractivity contribution in [2.45, 2.75) is 6.18 Å². The van der Waals surface area contributed by atoms with E-state index in [-0.39, 0.29) is 16.7 Å². The highest BCUT2D eigenvalue weighted by Crippen LogP contribution is 2.32. The molecule has 1 aromatic carbocycles. The first kappa shape index (κ1) is 14.0. The second-order valence-corrected chi connectivity index (χ2v) is 3.90. The SMILES string of the molecule is O=C(O)c1ccnc(F)c1-c1ccc(C(F)(F)F)cc1. The molecule has 0 amide bonds. The second-order valence-electron chi connectivity index (χ2n) is 3.90. The summed E-state index contributed by atoms with van der Waals surface area (Å²) in [5, 5.41) is 8.96. The van der Waals surface area contributed by atoms with Crippen LogP contribution in [0.4, 0.5) is 17.6 Å². The van der Waals surface area contributed by atoms with Gasteiger partial charge in [-0.1, -0.05) is 12.1 Å². The van der Waals surface area contributed by atoms with Crippen LogP contribution in [0.1, 0.15) is 15.9 Å². The van der Waals surface area contributed by atoms with Gasteiger partial charge < -0.3 is 5.11 Å². The van der Waals surface area contributed by atoms with Crippen LogP contribution in [0.2, 0.25) is 0 Å². The van der Waals surface area contributed by atoms with Crippen LogP contribution in [0.3, 0.4) is 0 Å². The van der Waals surface area contributed by atoms with Crippen molar-refractivity contribution < 1.29 is 27.5 Å². The highest BCUT2D eigenvalue weighted by molar-refractivity contribution is 5.95. The van der Waals surface area contributed by atoms with Gasteiger partial charge in [-0.2, -0.15) is 17.6 Å². The fourth-order valence-corrected chi connectivity index (χ4v) is 1.71. The highest BCUT2D eigenvalue weighted by Gasteiger charge is 2.30. The first-order valence-corrected chi connectivity index (χ1v) is 5.36. The molecule has 0 atom stereocenters. The number of benzene rings is 1. The van der Waals surface area contributed by atoms with Crippen molar-refractivity contribution in [2.24, 2.45) is 0 Å². The Balaban J connectivity index is 2.55. The Morgan fingerprint density at radius 3 is 2.20 bits per heavy atom. The van der Waals surface area contributed by atoms with E-state index >= 15 is 0 Å². The fraction of sp³-hybridized carbons (Fsp3) is 0.0769. The minimum absolute atomic E-state index is 0.0148. The van der Waals surface area contributed by atoms with Gasteiger partial charge in [-0.15, -0.1) is 0 Å². The first-order valence-electron chi connectivity index (χ1n) is 5.36. The molecule has 2 aromatic rings. The lowest BCUT2D eigenvalue weighted by Crippen LogP contribution is -2.05. The lowest BCUT2D eigenvalue weighted by atomic mass is 10.0. The number of alkyl halides is 3. The van der Waals surface area contributed by atoms with Gasteiger partial charge in [-0.25, -0.2) is 9.78 Å². The van der Waals surface area contributed by atoms with Gasteiger partial charge in [0.1, 0.15) is 0 Å². The zero-order valence-corrected chi connectivity index (χ0v) is 9.78. The molecule has 0 radical (unpaired) electrons. The van der Waals surface area contributed by atoms with E-state index in [2.05, 4.69) is 4.98 Å². The van der Waals surface area contributed by atoms with Gasteiger partial charge >= 0.3 is 12.1 Å². The molecular weight excluding hydrogens is 278 g/mol. The van der Waals surface area contributed by atoms with Crippen molar-refractivity contribution in [1.29, 1.82) is 0 Å². The minimum Gasteiger partial charge on any atom is -0.478 e. The number of nitrogens with zero attached hydrogens (tertiary/aromatic N) is 1. The van der Waals surface area contributed by atoms with Crippen molar-refractivity contribution in [1.82, 2.24) is 4.98 Å². The van der Waals surface area contributed by atoms with E-state index in [1.165, 1.54) is 0 Å². The molecule has 0 aliphatic heterocycles. The monoisotopic (exact) mass is 285 g/mol. The van der Waals surface area contributed by atoms with Crippen LogP contribution in [0.5, 0.6) is 0 Å². The molecule has 0 fully saturated rings. The zero-order valence-electron chi connectivity index (χ0n) is 9.78. The molecule has 104 valence electrons. The third-order valence-corrected chi connectivity index (χ3v) is 2.64. The predicted molar refractivity (Wildman–Crippen MR) is 61.6 cm³/mol. The number of hydrogen-bond acceptors (Lipinski definition) is 2. The van der Waals surface area contributed by atoms with Crippen LogP contribution in [-0.2, 0) is 6.18 Å². The number of hydrogen-bond donors (Lipinski definition) is 1. The molecule has 0 aliphatic rings. The average Bonchev–Trinajstić information content (AvgIpc) is 2.37. The largest absolute Gasteiger partial charge is 0.478 e. The van der Waals surface area contributed by atoms with Crippen molar-refractivity contribution in [3.63, 3.8) is 0 Å². The van der Waals surface area contributed by atoms with E-state index in [1.807, 2.05) is 0 Å². The van der Waals surface area contributed by atoms with E-state index in [1.54, 1.807) is 0 Å². The third kappa shape index (κ3) is 2.61. The Bertz CT molecular complexity index is 650. The summed E-state index contributed by atoms with van der Waals surface area (Å²) in [4.78, 5) is 14.3. The molecular formula is C13H7F4NO2. The lowest BCUT2D eigenvalue weighted by Gasteiger charge is -2.09. The Labute approximate surface area is 110 Å². The number of aromatic carboxylic acids is 1. The maximum Gasteiger partial charge on any atom is 0.416 e. The van der Waals surface area contributed by atoms with Crippen LogP contribution in [0, 0.1) is 5.95 Å². The van der Waals surface area contributed by atoms with Crippen LogP contribution in [0.15, 0.2) is 36.5 Å². The molecule has 7 heteroatoms. The standard InChI is InChI=1S/C13H7F4NO2/c14-11-10(9(12(19)20)5-6-18-11)7-1-3-8(4-2-7)13(15,16)17/h1-6H,(H,19,20). The minimum atomic E-state index is -4.51. The summed E-state index contributed by atoms with van der Waals surface area (Å²) >= 11 is 0. The normalized spacial score (nSPS) is 11.4. The molecule has 0 saturated carbocycles. The second kappa shape index (κ2) is 4.92. The average molecular weight is 285 g/mol. The van der Waals surface area contributed by atoms with Crippen molar-refractivity contribution in [2.75, 3.05) is 0 Å². The first-order chi connectivity index (χ1) is 9.30. The van der Waals surface area contributed by atoms with Gasteiger partial charge in [0.2, 0.25) is 5.95 Å². The number of pyridine rings is 1.